The smallest absolute Gasteiger partial charge is 0.240 e. The maximum atomic E-state index is 12.3. The molecule has 2 N–H and O–H groups in total. The van der Waals surface area contributed by atoms with E-state index >= 15 is 0 Å². The van der Waals surface area contributed by atoms with E-state index in [9.17, 15) is 8.42 Å². The summed E-state index contributed by atoms with van der Waals surface area (Å²) < 4.78 is 27.2. The first-order chi connectivity index (χ1) is 9.35. The number of aliphatic hydroxyl groups is 1. The third-order valence-electron chi connectivity index (χ3n) is 3.42. The first kappa shape index (κ1) is 15.0. The largest absolute Gasteiger partial charge is 0.395 e. The van der Waals surface area contributed by atoms with Crippen molar-refractivity contribution in [2.45, 2.75) is 37.6 Å². The molecule has 0 aliphatic heterocycles. The van der Waals surface area contributed by atoms with Crippen LogP contribution in [0.5, 0.6) is 0 Å². The standard InChI is InChI=1S/C15H19NO3S/c1-15(2)11-14(15)16-20(18,19)13-8-5-7-12(10-13)6-3-4-9-17/h5,7-8,10,14,16-17H,4,9,11H2,1-2H3. The Balaban J connectivity index is 2.16. The fourth-order valence-corrected chi connectivity index (χ4v) is 3.34. The van der Waals surface area contributed by atoms with Gasteiger partial charge >= 0.3 is 0 Å². The molecular formula is C15H19NO3S. The SMILES string of the molecule is CC1(C)CC1NS(=O)(=O)c1cccc(C#CCCO)c1. The van der Waals surface area contributed by atoms with Crippen molar-refractivity contribution in [1.82, 2.24) is 4.72 Å². The van der Waals surface area contributed by atoms with Gasteiger partial charge in [-0.05, 0) is 30.0 Å². The summed E-state index contributed by atoms with van der Waals surface area (Å²) in [4.78, 5) is 0.232. The molecule has 0 bridgehead atoms. The third kappa shape index (κ3) is 3.60. The Hall–Kier alpha value is -1.35. The number of benzene rings is 1. The molecule has 1 atom stereocenters. The van der Waals surface area contributed by atoms with Crippen LogP contribution in [0.4, 0.5) is 0 Å². The molecule has 1 saturated carbocycles. The maximum absolute atomic E-state index is 12.3. The lowest BCUT2D eigenvalue weighted by molar-refractivity contribution is 0.305. The summed E-state index contributed by atoms with van der Waals surface area (Å²) in [6.07, 6.45) is 1.24. The molecule has 1 aliphatic rings. The fraction of sp³-hybridized carbons (Fsp3) is 0.467. The molecule has 0 aromatic heterocycles. The Labute approximate surface area is 120 Å². The molecule has 0 saturated heterocycles. The van der Waals surface area contributed by atoms with Crippen molar-refractivity contribution >= 4 is 10.0 Å². The molecule has 0 amide bonds. The van der Waals surface area contributed by atoms with Crippen LogP contribution in [0, 0.1) is 17.3 Å². The van der Waals surface area contributed by atoms with Crippen LogP contribution >= 0.6 is 0 Å². The molecule has 1 aliphatic carbocycles. The summed E-state index contributed by atoms with van der Waals surface area (Å²) in [5.41, 5.74) is 0.683. The van der Waals surface area contributed by atoms with Crippen molar-refractivity contribution in [3.63, 3.8) is 0 Å². The van der Waals surface area contributed by atoms with Crippen LogP contribution in [-0.2, 0) is 10.0 Å². The monoisotopic (exact) mass is 293 g/mol. The highest BCUT2D eigenvalue weighted by Crippen LogP contribution is 2.45. The van der Waals surface area contributed by atoms with Crippen LogP contribution in [0.3, 0.4) is 0 Å². The van der Waals surface area contributed by atoms with E-state index in [4.69, 9.17) is 5.11 Å². The van der Waals surface area contributed by atoms with Gasteiger partial charge in [-0.1, -0.05) is 31.8 Å². The molecule has 1 aromatic rings. The van der Waals surface area contributed by atoms with Crippen molar-refractivity contribution in [2.75, 3.05) is 6.61 Å². The summed E-state index contributed by atoms with van der Waals surface area (Å²) in [6, 6.07) is 6.56. The van der Waals surface area contributed by atoms with Crippen LogP contribution in [0.2, 0.25) is 0 Å². The molecule has 0 heterocycles. The summed E-state index contributed by atoms with van der Waals surface area (Å²) in [7, 11) is -3.49. The van der Waals surface area contributed by atoms with Gasteiger partial charge in [0.25, 0.3) is 0 Å². The lowest BCUT2D eigenvalue weighted by atomic mass is 10.2. The van der Waals surface area contributed by atoms with E-state index in [1.165, 1.54) is 0 Å². The highest BCUT2D eigenvalue weighted by molar-refractivity contribution is 7.89. The summed E-state index contributed by atoms with van der Waals surface area (Å²) >= 11 is 0. The van der Waals surface area contributed by atoms with Crippen molar-refractivity contribution < 1.29 is 13.5 Å². The second-order valence-electron chi connectivity index (χ2n) is 5.67. The van der Waals surface area contributed by atoms with Crippen molar-refractivity contribution in [1.29, 1.82) is 0 Å². The van der Waals surface area contributed by atoms with Gasteiger partial charge in [-0.25, -0.2) is 13.1 Å². The highest BCUT2D eigenvalue weighted by Gasteiger charge is 2.47. The zero-order chi connectivity index (χ0) is 14.8. The van der Waals surface area contributed by atoms with Crippen LogP contribution in [0.15, 0.2) is 29.2 Å². The van der Waals surface area contributed by atoms with Crippen LogP contribution in [0.1, 0.15) is 32.3 Å². The normalized spacial score (nSPS) is 20.1. The number of rotatable bonds is 4. The van der Waals surface area contributed by atoms with Gasteiger partial charge in [-0.2, -0.15) is 0 Å². The number of hydrogen-bond donors (Lipinski definition) is 2. The predicted octanol–water partition coefficient (Wildman–Crippen LogP) is 1.50. The molecule has 0 spiro atoms. The summed E-state index contributed by atoms with van der Waals surface area (Å²) in [6.45, 7) is 4.08. The van der Waals surface area contributed by atoms with E-state index in [0.717, 1.165) is 6.42 Å². The summed E-state index contributed by atoms with van der Waals surface area (Å²) in [5.74, 6) is 5.62. The molecule has 2 rings (SSSR count). The van der Waals surface area contributed by atoms with Crippen molar-refractivity contribution in [2.24, 2.45) is 5.41 Å². The molecule has 20 heavy (non-hydrogen) atoms. The van der Waals surface area contributed by atoms with E-state index in [1.54, 1.807) is 24.3 Å². The van der Waals surface area contributed by atoms with E-state index in [-0.39, 0.29) is 23.0 Å². The Morgan fingerprint density at radius 3 is 2.75 bits per heavy atom. The topological polar surface area (TPSA) is 66.4 Å². The average Bonchev–Trinajstić information content (AvgIpc) is 2.96. The van der Waals surface area contributed by atoms with Crippen LogP contribution in [-0.4, -0.2) is 26.2 Å². The van der Waals surface area contributed by atoms with Crippen molar-refractivity contribution in [3.05, 3.63) is 29.8 Å². The third-order valence-corrected chi connectivity index (χ3v) is 4.89. The quantitative estimate of drug-likeness (QED) is 0.827. The Morgan fingerprint density at radius 1 is 1.45 bits per heavy atom. The number of nitrogens with one attached hydrogen (secondary N) is 1. The first-order valence-corrected chi connectivity index (χ1v) is 8.06. The number of sulfonamides is 1. The molecule has 1 fully saturated rings. The Morgan fingerprint density at radius 2 is 2.15 bits per heavy atom. The maximum Gasteiger partial charge on any atom is 0.240 e. The van der Waals surface area contributed by atoms with E-state index in [2.05, 4.69) is 16.6 Å². The van der Waals surface area contributed by atoms with E-state index in [1.807, 2.05) is 13.8 Å². The van der Waals surface area contributed by atoms with Gasteiger partial charge in [0.15, 0.2) is 0 Å². The van der Waals surface area contributed by atoms with Gasteiger partial charge in [0.05, 0.1) is 11.5 Å². The van der Waals surface area contributed by atoms with Gasteiger partial charge in [0, 0.05) is 18.0 Å². The Kier molecular flexibility index (Phi) is 4.19. The minimum Gasteiger partial charge on any atom is -0.395 e. The number of hydrogen-bond acceptors (Lipinski definition) is 3. The molecule has 1 aromatic carbocycles. The van der Waals surface area contributed by atoms with Crippen molar-refractivity contribution in [3.8, 4) is 11.8 Å². The van der Waals surface area contributed by atoms with Gasteiger partial charge in [0.2, 0.25) is 10.0 Å². The first-order valence-electron chi connectivity index (χ1n) is 6.57. The molecule has 1 unspecified atom stereocenters. The lowest BCUT2D eigenvalue weighted by Gasteiger charge is -2.08. The predicted molar refractivity (Wildman–Crippen MR) is 77.5 cm³/mol. The molecule has 0 radical (unpaired) electrons. The van der Waals surface area contributed by atoms with Gasteiger partial charge in [-0.15, -0.1) is 0 Å². The van der Waals surface area contributed by atoms with Crippen LogP contribution < -0.4 is 4.72 Å². The minimum absolute atomic E-state index is 0.00328. The highest BCUT2D eigenvalue weighted by atomic mass is 32.2. The van der Waals surface area contributed by atoms with E-state index < -0.39 is 10.0 Å². The Bertz CT molecular complexity index is 653. The average molecular weight is 293 g/mol. The second kappa shape index (κ2) is 5.57. The molecular weight excluding hydrogens is 274 g/mol. The van der Waals surface area contributed by atoms with Crippen LogP contribution in [0.25, 0.3) is 0 Å². The zero-order valence-electron chi connectivity index (χ0n) is 11.7. The zero-order valence-corrected chi connectivity index (χ0v) is 12.5. The molecule has 5 heteroatoms. The molecule has 108 valence electrons. The van der Waals surface area contributed by atoms with Gasteiger partial charge < -0.3 is 5.11 Å². The number of aliphatic hydroxyl groups excluding tert-OH is 1. The molecule has 4 nitrogen and oxygen atoms in total. The van der Waals surface area contributed by atoms with Gasteiger partial charge in [0.1, 0.15) is 0 Å². The fourth-order valence-electron chi connectivity index (χ4n) is 1.89. The lowest BCUT2D eigenvalue weighted by Crippen LogP contribution is -2.28. The minimum atomic E-state index is -3.49. The second-order valence-corrected chi connectivity index (χ2v) is 7.38. The summed E-state index contributed by atoms with van der Waals surface area (Å²) in [5, 5.41) is 8.67. The van der Waals surface area contributed by atoms with E-state index in [0.29, 0.717) is 12.0 Å². The van der Waals surface area contributed by atoms with Gasteiger partial charge in [-0.3, -0.25) is 0 Å².